The van der Waals surface area contributed by atoms with E-state index in [2.05, 4.69) is 76.5 Å². The molecule has 1 fully saturated rings. The second kappa shape index (κ2) is 15.0. The van der Waals surface area contributed by atoms with Gasteiger partial charge in [-0.1, -0.05) is 44.2 Å². The minimum atomic E-state index is 0. The molecular formula is C23H42IN5. The van der Waals surface area contributed by atoms with Gasteiger partial charge in [-0.05, 0) is 70.9 Å². The van der Waals surface area contributed by atoms with Gasteiger partial charge < -0.3 is 15.5 Å². The number of hydrogen-bond donors (Lipinski definition) is 2. The Morgan fingerprint density at radius 3 is 2.38 bits per heavy atom. The third kappa shape index (κ3) is 9.22. The van der Waals surface area contributed by atoms with E-state index in [1.807, 2.05) is 7.05 Å². The van der Waals surface area contributed by atoms with Gasteiger partial charge in [0.15, 0.2) is 5.96 Å². The van der Waals surface area contributed by atoms with E-state index >= 15 is 0 Å². The topological polar surface area (TPSA) is 42.9 Å². The molecule has 0 bridgehead atoms. The lowest BCUT2D eigenvalue weighted by atomic mass is 10.1. The predicted octanol–water partition coefficient (Wildman–Crippen LogP) is 4.12. The zero-order chi connectivity index (χ0) is 20.2. The molecule has 0 amide bonds. The lowest BCUT2D eigenvalue weighted by Gasteiger charge is -2.29. The molecule has 1 aromatic rings. The SMILES string of the molecule is CCN(CC)CCCC(C)NC(=NC)NCC(c1ccccc1)N1CCCC1.I. The van der Waals surface area contributed by atoms with Crippen LogP contribution in [0.2, 0.25) is 0 Å². The highest BCUT2D eigenvalue weighted by Crippen LogP contribution is 2.24. The van der Waals surface area contributed by atoms with E-state index < -0.39 is 0 Å². The van der Waals surface area contributed by atoms with Gasteiger partial charge in [-0.25, -0.2) is 0 Å². The molecule has 2 unspecified atom stereocenters. The Bertz CT molecular complexity index is 556. The van der Waals surface area contributed by atoms with Gasteiger partial charge in [0.2, 0.25) is 0 Å². The Hall–Kier alpha value is -0.860. The molecule has 1 aliphatic rings. The molecule has 0 aromatic heterocycles. The first-order valence-electron chi connectivity index (χ1n) is 11.2. The minimum Gasteiger partial charge on any atom is -0.354 e. The number of halogens is 1. The van der Waals surface area contributed by atoms with Crippen LogP contribution in [0.3, 0.4) is 0 Å². The van der Waals surface area contributed by atoms with Crippen LogP contribution in [0.1, 0.15) is 58.1 Å². The Morgan fingerprint density at radius 1 is 1.14 bits per heavy atom. The van der Waals surface area contributed by atoms with E-state index in [0.717, 1.165) is 32.0 Å². The first-order valence-corrected chi connectivity index (χ1v) is 11.2. The molecule has 1 aromatic carbocycles. The van der Waals surface area contributed by atoms with E-state index in [1.165, 1.54) is 44.5 Å². The average Bonchev–Trinajstić information content (AvgIpc) is 3.26. The van der Waals surface area contributed by atoms with Crippen LogP contribution in [0.25, 0.3) is 0 Å². The summed E-state index contributed by atoms with van der Waals surface area (Å²) in [6.45, 7) is 13.4. The van der Waals surface area contributed by atoms with Gasteiger partial charge in [0.1, 0.15) is 0 Å². The van der Waals surface area contributed by atoms with E-state index in [1.54, 1.807) is 0 Å². The molecule has 1 heterocycles. The van der Waals surface area contributed by atoms with Gasteiger partial charge in [-0.15, -0.1) is 24.0 Å². The first kappa shape index (κ1) is 26.2. The number of hydrogen-bond acceptors (Lipinski definition) is 3. The smallest absolute Gasteiger partial charge is 0.191 e. The normalized spacial score (nSPS) is 17.1. The summed E-state index contributed by atoms with van der Waals surface area (Å²) in [6, 6.07) is 11.7. The van der Waals surface area contributed by atoms with Crippen molar-refractivity contribution in [1.29, 1.82) is 0 Å². The van der Waals surface area contributed by atoms with Gasteiger partial charge in [0.05, 0.1) is 6.04 Å². The number of likely N-dealkylation sites (tertiary alicyclic amines) is 1. The van der Waals surface area contributed by atoms with Crippen molar-refractivity contribution in [3.8, 4) is 0 Å². The zero-order valence-corrected chi connectivity index (χ0v) is 21.2. The van der Waals surface area contributed by atoms with Crippen molar-refractivity contribution >= 4 is 29.9 Å². The summed E-state index contributed by atoms with van der Waals surface area (Å²) in [6.07, 6.45) is 4.98. The van der Waals surface area contributed by atoms with Crippen LogP contribution in [0.4, 0.5) is 0 Å². The second-order valence-electron chi connectivity index (χ2n) is 7.84. The Balaban J connectivity index is 0.00000420. The van der Waals surface area contributed by atoms with E-state index in [9.17, 15) is 0 Å². The van der Waals surface area contributed by atoms with E-state index in [0.29, 0.717) is 12.1 Å². The van der Waals surface area contributed by atoms with Gasteiger partial charge >= 0.3 is 0 Å². The molecule has 1 aliphatic heterocycles. The second-order valence-corrected chi connectivity index (χ2v) is 7.84. The van der Waals surface area contributed by atoms with Gasteiger partial charge in [-0.2, -0.15) is 0 Å². The summed E-state index contributed by atoms with van der Waals surface area (Å²) in [5.74, 6) is 0.912. The third-order valence-electron chi connectivity index (χ3n) is 5.84. The number of benzene rings is 1. The van der Waals surface area contributed by atoms with Crippen LogP contribution in [-0.4, -0.2) is 68.1 Å². The summed E-state index contributed by atoms with van der Waals surface area (Å²) >= 11 is 0. The summed E-state index contributed by atoms with van der Waals surface area (Å²) in [5, 5.41) is 7.16. The fourth-order valence-electron chi connectivity index (χ4n) is 4.04. The molecule has 0 spiro atoms. The predicted molar refractivity (Wildman–Crippen MR) is 136 cm³/mol. The van der Waals surface area contributed by atoms with E-state index in [4.69, 9.17) is 0 Å². The Morgan fingerprint density at radius 2 is 1.79 bits per heavy atom. The minimum absolute atomic E-state index is 0. The number of aliphatic imine (C=N–C) groups is 1. The fraction of sp³-hybridized carbons (Fsp3) is 0.696. The summed E-state index contributed by atoms with van der Waals surface area (Å²) in [5.41, 5.74) is 1.39. The Kier molecular flexibility index (Phi) is 13.6. The molecule has 166 valence electrons. The van der Waals surface area contributed by atoms with Crippen molar-refractivity contribution in [2.75, 3.05) is 46.3 Å². The first-order chi connectivity index (χ1) is 13.7. The molecular weight excluding hydrogens is 473 g/mol. The van der Waals surface area contributed by atoms with E-state index in [-0.39, 0.29) is 24.0 Å². The highest BCUT2D eigenvalue weighted by Gasteiger charge is 2.23. The lowest BCUT2D eigenvalue weighted by molar-refractivity contribution is 0.245. The molecule has 2 atom stereocenters. The molecule has 1 saturated heterocycles. The highest BCUT2D eigenvalue weighted by atomic mass is 127. The molecule has 29 heavy (non-hydrogen) atoms. The summed E-state index contributed by atoms with van der Waals surface area (Å²) in [7, 11) is 1.87. The lowest BCUT2D eigenvalue weighted by Crippen LogP contribution is -2.45. The van der Waals surface area contributed by atoms with Crippen LogP contribution in [0.15, 0.2) is 35.3 Å². The fourth-order valence-corrected chi connectivity index (χ4v) is 4.04. The van der Waals surface area contributed by atoms with Crippen LogP contribution < -0.4 is 10.6 Å². The maximum absolute atomic E-state index is 4.46. The van der Waals surface area contributed by atoms with Crippen molar-refractivity contribution < 1.29 is 0 Å². The maximum atomic E-state index is 4.46. The molecule has 6 heteroatoms. The molecule has 2 N–H and O–H groups in total. The molecule has 0 saturated carbocycles. The zero-order valence-electron chi connectivity index (χ0n) is 18.9. The quantitative estimate of drug-likeness (QED) is 0.265. The van der Waals surface area contributed by atoms with Crippen molar-refractivity contribution in [3.63, 3.8) is 0 Å². The number of nitrogens with one attached hydrogen (secondary N) is 2. The van der Waals surface area contributed by atoms with Crippen LogP contribution in [0.5, 0.6) is 0 Å². The van der Waals surface area contributed by atoms with Crippen LogP contribution in [-0.2, 0) is 0 Å². The standard InChI is InChI=1S/C23H41N5.HI/c1-5-27(6-2)16-12-13-20(3)26-23(24-4)25-19-22(28-17-10-11-18-28)21-14-8-7-9-15-21;/h7-9,14-15,20,22H,5-6,10-13,16-19H2,1-4H3,(H2,24,25,26);1H. The molecule has 0 radical (unpaired) electrons. The third-order valence-corrected chi connectivity index (χ3v) is 5.84. The highest BCUT2D eigenvalue weighted by molar-refractivity contribution is 14.0. The number of rotatable bonds is 11. The largest absolute Gasteiger partial charge is 0.354 e. The molecule has 0 aliphatic carbocycles. The van der Waals surface area contributed by atoms with Crippen molar-refractivity contribution in [2.45, 2.75) is 58.5 Å². The monoisotopic (exact) mass is 515 g/mol. The Labute approximate surface area is 195 Å². The van der Waals surface area contributed by atoms with Crippen molar-refractivity contribution in [2.24, 2.45) is 4.99 Å². The van der Waals surface area contributed by atoms with Crippen molar-refractivity contribution in [1.82, 2.24) is 20.4 Å². The average molecular weight is 516 g/mol. The van der Waals surface area contributed by atoms with Gasteiger partial charge in [0, 0.05) is 19.6 Å². The molecule has 2 rings (SSSR count). The number of nitrogens with zero attached hydrogens (tertiary/aromatic N) is 3. The van der Waals surface area contributed by atoms with Gasteiger partial charge in [0.25, 0.3) is 0 Å². The molecule has 5 nitrogen and oxygen atoms in total. The van der Waals surface area contributed by atoms with Crippen molar-refractivity contribution in [3.05, 3.63) is 35.9 Å². The number of guanidine groups is 1. The maximum Gasteiger partial charge on any atom is 0.191 e. The summed E-state index contributed by atoms with van der Waals surface area (Å²) < 4.78 is 0. The van der Waals surface area contributed by atoms with Crippen LogP contribution >= 0.6 is 24.0 Å². The van der Waals surface area contributed by atoms with Gasteiger partial charge in [-0.3, -0.25) is 9.89 Å². The summed E-state index contributed by atoms with van der Waals surface area (Å²) in [4.78, 5) is 9.55. The van der Waals surface area contributed by atoms with Crippen LogP contribution in [0, 0.1) is 0 Å².